The molecule has 0 unspecified atom stereocenters. The van der Waals surface area contributed by atoms with Crippen molar-refractivity contribution < 1.29 is 9.53 Å². The summed E-state index contributed by atoms with van der Waals surface area (Å²) in [4.78, 5) is 19.0. The van der Waals surface area contributed by atoms with Crippen LogP contribution in [0.3, 0.4) is 0 Å². The quantitative estimate of drug-likeness (QED) is 0.647. The summed E-state index contributed by atoms with van der Waals surface area (Å²) in [7, 11) is 0. The normalized spacial score (nSPS) is 19.0. The van der Waals surface area contributed by atoms with Crippen LogP contribution in [0.4, 0.5) is 10.5 Å². The van der Waals surface area contributed by atoms with Crippen molar-refractivity contribution in [3.63, 3.8) is 0 Å². The van der Waals surface area contributed by atoms with Crippen LogP contribution in [0, 0.1) is 10.5 Å². The molecular formula is C21H33IN4O2. The van der Waals surface area contributed by atoms with Crippen LogP contribution in [0.2, 0.25) is 0 Å². The minimum Gasteiger partial charge on any atom is -0.444 e. The molecule has 28 heavy (non-hydrogen) atoms. The maximum atomic E-state index is 12.3. The van der Waals surface area contributed by atoms with E-state index in [4.69, 9.17) is 4.74 Å². The summed E-state index contributed by atoms with van der Waals surface area (Å²) in [5, 5.41) is 3.42. The number of benzene rings is 1. The van der Waals surface area contributed by atoms with E-state index in [0.717, 1.165) is 58.9 Å². The monoisotopic (exact) mass is 500 g/mol. The summed E-state index contributed by atoms with van der Waals surface area (Å²) in [5.74, 6) is 0. The first-order chi connectivity index (χ1) is 13.2. The lowest BCUT2D eigenvalue weighted by molar-refractivity contribution is 0.0139. The molecule has 3 rings (SSSR count). The minimum atomic E-state index is -0.438. The first-order valence-corrected chi connectivity index (χ1v) is 11.3. The average molecular weight is 500 g/mol. The van der Waals surface area contributed by atoms with Gasteiger partial charge in [0.25, 0.3) is 0 Å². The van der Waals surface area contributed by atoms with Crippen molar-refractivity contribution >= 4 is 34.4 Å². The Balaban J connectivity index is 1.61. The van der Waals surface area contributed by atoms with Crippen molar-refractivity contribution in [3.05, 3.63) is 26.8 Å². The number of piperazine rings is 2. The second-order valence-electron chi connectivity index (χ2n) is 8.69. The van der Waals surface area contributed by atoms with E-state index in [2.05, 4.69) is 56.8 Å². The van der Waals surface area contributed by atoms with Gasteiger partial charge in [-0.15, -0.1) is 0 Å². The molecule has 0 aromatic heterocycles. The molecule has 1 aromatic rings. The highest BCUT2D eigenvalue weighted by molar-refractivity contribution is 14.1. The van der Waals surface area contributed by atoms with E-state index in [1.54, 1.807) is 0 Å². The molecule has 2 fully saturated rings. The van der Waals surface area contributed by atoms with Gasteiger partial charge < -0.3 is 19.9 Å². The zero-order valence-corrected chi connectivity index (χ0v) is 19.7. The number of nitrogens with zero attached hydrogens (tertiary/aromatic N) is 3. The summed E-state index contributed by atoms with van der Waals surface area (Å²) >= 11 is 2.46. The van der Waals surface area contributed by atoms with Crippen LogP contribution in [0.25, 0.3) is 0 Å². The first kappa shape index (κ1) is 21.6. The van der Waals surface area contributed by atoms with Crippen molar-refractivity contribution in [3.8, 4) is 0 Å². The molecule has 2 heterocycles. The van der Waals surface area contributed by atoms with Gasteiger partial charge in [-0.1, -0.05) is 0 Å². The molecule has 0 aliphatic carbocycles. The van der Waals surface area contributed by atoms with E-state index in [1.165, 1.54) is 20.4 Å². The van der Waals surface area contributed by atoms with Gasteiger partial charge in [0.15, 0.2) is 0 Å². The summed E-state index contributed by atoms with van der Waals surface area (Å²) < 4.78 is 6.83. The van der Waals surface area contributed by atoms with Gasteiger partial charge >= 0.3 is 6.09 Å². The van der Waals surface area contributed by atoms with Crippen LogP contribution in [-0.4, -0.2) is 73.9 Å². The van der Waals surface area contributed by atoms with Crippen LogP contribution in [-0.2, 0) is 11.3 Å². The van der Waals surface area contributed by atoms with Crippen molar-refractivity contribution in [2.24, 2.45) is 0 Å². The van der Waals surface area contributed by atoms with Crippen LogP contribution in [0.5, 0.6) is 0 Å². The van der Waals surface area contributed by atoms with Crippen LogP contribution in [0.1, 0.15) is 31.9 Å². The summed E-state index contributed by atoms with van der Waals surface area (Å²) in [6.07, 6.45) is -0.196. The average Bonchev–Trinajstić information content (AvgIpc) is 2.65. The lowest BCUT2D eigenvalue weighted by Gasteiger charge is -2.36. The number of ether oxygens (including phenoxy) is 1. The number of hydrogen-bond donors (Lipinski definition) is 1. The summed E-state index contributed by atoms with van der Waals surface area (Å²) in [6, 6.07) is 4.67. The number of carbonyl (C=O) groups is 1. The molecule has 1 aromatic carbocycles. The smallest absolute Gasteiger partial charge is 0.410 e. The van der Waals surface area contributed by atoms with Gasteiger partial charge in [0.05, 0.1) is 0 Å². The van der Waals surface area contributed by atoms with E-state index in [-0.39, 0.29) is 6.09 Å². The molecule has 2 aliphatic heterocycles. The van der Waals surface area contributed by atoms with E-state index in [9.17, 15) is 4.79 Å². The molecule has 2 aliphatic rings. The third-order valence-electron chi connectivity index (χ3n) is 5.34. The Morgan fingerprint density at radius 2 is 1.75 bits per heavy atom. The molecule has 0 atom stereocenters. The molecule has 2 saturated heterocycles. The Bertz CT molecular complexity index is 690. The van der Waals surface area contributed by atoms with Crippen molar-refractivity contribution in [1.29, 1.82) is 0 Å². The third kappa shape index (κ3) is 5.73. The number of anilines is 1. The lowest BCUT2D eigenvalue weighted by atomic mass is 10.1. The van der Waals surface area contributed by atoms with Gasteiger partial charge in [-0.3, -0.25) is 4.90 Å². The molecule has 156 valence electrons. The molecule has 6 nitrogen and oxygen atoms in total. The topological polar surface area (TPSA) is 48.0 Å². The Morgan fingerprint density at radius 3 is 2.36 bits per heavy atom. The second-order valence-corrected chi connectivity index (χ2v) is 9.85. The van der Waals surface area contributed by atoms with E-state index >= 15 is 0 Å². The Hall–Kier alpha value is -1.06. The largest absolute Gasteiger partial charge is 0.444 e. The molecule has 0 bridgehead atoms. The van der Waals surface area contributed by atoms with Gasteiger partial charge in [-0.05, 0) is 73.5 Å². The number of amides is 1. The first-order valence-electron chi connectivity index (χ1n) is 10.2. The van der Waals surface area contributed by atoms with Crippen molar-refractivity contribution in [2.75, 3.05) is 57.3 Å². The highest BCUT2D eigenvalue weighted by atomic mass is 127. The summed E-state index contributed by atoms with van der Waals surface area (Å²) in [6.45, 7) is 16.3. The Labute approximate surface area is 182 Å². The van der Waals surface area contributed by atoms with E-state index in [1.807, 2.05) is 25.7 Å². The molecular weight excluding hydrogens is 467 g/mol. The second kappa shape index (κ2) is 9.17. The fraction of sp³-hybridized carbons (Fsp3) is 0.667. The number of nitrogens with one attached hydrogen (secondary N) is 1. The Morgan fingerprint density at radius 1 is 1.11 bits per heavy atom. The van der Waals surface area contributed by atoms with Gasteiger partial charge in [-0.25, -0.2) is 4.79 Å². The van der Waals surface area contributed by atoms with Crippen LogP contribution in [0.15, 0.2) is 12.1 Å². The molecule has 0 radical (unpaired) electrons. The number of carbonyl (C=O) groups excluding carboxylic acids is 1. The van der Waals surface area contributed by atoms with E-state index < -0.39 is 5.60 Å². The van der Waals surface area contributed by atoms with Crippen molar-refractivity contribution in [2.45, 2.75) is 39.8 Å². The molecule has 1 N–H and O–H groups in total. The van der Waals surface area contributed by atoms with E-state index in [0.29, 0.717) is 0 Å². The lowest BCUT2D eigenvalue weighted by Crippen LogP contribution is -2.49. The maximum Gasteiger partial charge on any atom is 0.410 e. The predicted octanol–water partition coefficient (Wildman–Crippen LogP) is 3.06. The fourth-order valence-corrected chi connectivity index (χ4v) is 4.31. The molecule has 7 heteroatoms. The van der Waals surface area contributed by atoms with Gasteiger partial charge in [0.1, 0.15) is 5.60 Å². The van der Waals surface area contributed by atoms with Gasteiger partial charge in [-0.2, -0.15) is 0 Å². The molecule has 0 spiro atoms. The maximum absolute atomic E-state index is 12.3. The third-order valence-corrected chi connectivity index (χ3v) is 6.46. The van der Waals surface area contributed by atoms with Crippen LogP contribution >= 0.6 is 22.6 Å². The highest BCUT2D eigenvalue weighted by Crippen LogP contribution is 2.26. The zero-order valence-electron chi connectivity index (χ0n) is 17.6. The van der Waals surface area contributed by atoms with Gasteiger partial charge in [0.2, 0.25) is 0 Å². The molecule has 0 saturated carbocycles. The standard InChI is InChI=1S/C21H33IN4O2/c1-16-17(13-18(14-19(16)22)25-7-5-23-6-8-25)15-24-9-11-26(12-10-24)20(27)28-21(2,3)4/h13-14,23H,5-12,15H2,1-4H3. The number of hydrogen-bond acceptors (Lipinski definition) is 5. The highest BCUT2D eigenvalue weighted by Gasteiger charge is 2.26. The SMILES string of the molecule is Cc1c(I)cc(N2CCNCC2)cc1CN1CCN(C(=O)OC(C)(C)C)CC1. The number of rotatable bonds is 3. The fourth-order valence-electron chi connectivity index (χ4n) is 3.65. The summed E-state index contributed by atoms with van der Waals surface area (Å²) in [5.41, 5.74) is 3.66. The van der Waals surface area contributed by atoms with Crippen LogP contribution < -0.4 is 10.2 Å². The van der Waals surface area contributed by atoms with Crippen molar-refractivity contribution in [1.82, 2.24) is 15.1 Å². The zero-order chi connectivity index (χ0) is 20.3. The predicted molar refractivity (Wildman–Crippen MR) is 122 cm³/mol. The Kier molecular flexibility index (Phi) is 7.09. The van der Waals surface area contributed by atoms with Gasteiger partial charge in [0, 0.05) is 68.2 Å². The molecule has 1 amide bonds. The number of halogens is 1. The minimum absolute atomic E-state index is 0.196.